The number of nitrogens with two attached hydrogens (primary N) is 1. The van der Waals surface area contributed by atoms with Crippen LogP contribution in [0.15, 0.2) is 48.9 Å². The van der Waals surface area contributed by atoms with E-state index < -0.39 is 12.2 Å². The quantitative estimate of drug-likeness (QED) is 0.537. The number of benzene rings is 1. The maximum Gasteiger partial charge on any atom is 0.145 e. The molecule has 0 radical (unpaired) electrons. The molecule has 7 heteroatoms. The van der Waals surface area contributed by atoms with Gasteiger partial charge in [0.1, 0.15) is 23.9 Å². The van der Waals surface area contributed by atoms with Crippen LogP contribution in [0.5, 0.6) is 0 Å². The van der Waals surface area contributed by atoms with Gasteiger partial charge in [0.05, 0.1) is 17.5 Å². The molecule has 5 rings (SSSR count). The number of fused-ring (bicyclic) bond motifs is 1. The van der Waals surface area contributed by atoms with Gasteiger partial charge in [-0.3, -0.25) is 0 Å². The highest BCUT2D eigenvalue weighted by atomic mass is 16.3. The fraction of sp³-hybridized carbons (Fsp3) is 0.455. The van der Waals surface area contributed by atoms with Crippen molar-refractivity contribution in [2.45, 2.75) is 50.0 Å². The van der Waals surface area contributed by atoms with Gasteiger partial charge in [-0.2, -0.15) is 0 Å². The van der Waals surface area contributed by atoms with Gasteiger partial charge >= 0.3 is 0 Å². The van der Waals surface area contributed by atoms with Gasteiger partial charge in [-0.15, -0.1) is 0 Å². The van der Waals surface area contributed by atoms with Crippen LogP contribution in [0.1, 0.15) is 30.9 Å². The lowest BCUT2D eigenvalue weighted by Crippen LogP contribution is -2.38. The second kappa shape index (κ2) is 7.09. The van der Waals surface area contributed by atoms with Crippen LogP contribution in [0.3, 0.4) is 0 Å². The van der Waals surface area contributed by atoms with Crippen LogP contribution in [0.25, 0.3) is 11.0 Å². The zero-order valence-electron chi connectivity index (χ0n) is 16.3. The van der Waals surface area contributed by atoms with Gasteiger partial charge in [0.25, 0.3) is 0 Å². The highest BCUT2D eigenvalue weighted by molar-refractivity contribution is 5.86. The molecule has 5 N–H and O–H groups in total. The van der Waals surface area contributed by atoms with Gasteiger partial charge in [-0.25, -0.2) is 9.97 Å². The molecule has 2 aromatic heterocycles. The molecule has 0 unspecified atom stereocenters. The minimum Gasteiger partial charge on any atom is -0.390 e. The predicted molar refractivity (Wildman–Crippen MR) is 111 cm³/mol. The molecule has 2 aliphatic rings. The van der Waals surface area contributed by atoms with Gasteiger partial charge in [0.2, 0.25) is 0 Å². The average molecular weight is 393 g/mol. The number of aliphatic hydroxyl groups excluding tert-OH is 2. The van der Waals surface area contributed by atoms with Crippen molar-refractivity contribution in [3.63, 3.8) is 0 Å². The highest BCUT2D eigenvalue weighted by Gasteiger charge is 2.56. The van der Waals surface area contributed by atoms with Crippen molar-refractivity contribution in [1.82, 2.24) is 19.9 Å². The standard InChI is InChI=1S/C22H27N5O2/c23-20-16-8-9-27(21(16)26-13-25-20)17-11-22(19(29)18(17)28)10-15(24-12-22)7-6-14-4-2-1-3-5-14/h1-5,8-9,13,15,17-19,24,28-29H,6-7,10-12H2,(H2,23,25,26)/t15-,17+,18-,19-,22-/m0/s1. The fourth-order valence-corrected chi connectivity index (χ4v) is 5.30. The summed E-state index contributed by atoms with van der Waals surface area (Å²) in [7, 11) is 0. The Balaban J connectivity index is 1.34. The maximum absolute atomic E-state index is 11.0. The smallest absolute Gasteiger partial charge is 0.145 e. The topological polar surface area (TPSA) is 109 Å². The van der Waals surface area contributed by atoms with Crippen molar-refractivity contribution >= 4 is 16.9 Å². The number of hydrogen-bond acceptors (Lipinski definition) is 6. The van der Waals surface area contributed by atoms with Crippen LogP contribution < -0.4 is 11.1 Å². The van der Waals surface area contributed by atoms with E-state index in [4.69, 9.17) is 5.73 Å². The Morgan fingerprint density at radius 2 is 1.97 bits per heavy atom. The van der Waals surface area contributed by atoms with Crippen LogP contribution in [0.4, 0.5) is 5.82 Å². The monoisotopic (exact) mass is 393 g/mol. The molecule has 3 heterocycles. The van der Waals surface area contributed by atoms with E-state index in [0.29, 0.717) is 23.9 Å². The minimum absolute atomic E-state index is 0.230. The van der Waals surface area contributed by atoms with E-state index in [1.807, 2.05) is 22.9 Å². The van der Waals surface area contributed by atoms with Crippen molar-refractivity contribution in [2.24, 2.45) is 5.41 Å². The van der Waals surface area contributed by atoms with Crippen LogP contribution in [0.2, 0.25) is 0 Å². The number of rotatable bonds is 4. The number of nitrogens with zero attached hydrogens (tertiary/aromatic N) is 3. The normalized spacial score (nSPS) is 31.8. The highest BCUT2D eigenvalue weighted by Crippen LogP contribution is 2.50. The summed E-state index contributed by atoms with van der Waals surface area (Å²) < 4.78 is 1.95. The van der Waals surface area contributed by atoms with Gasteiger partial charge < -0.3 is 25.8 Å². The fourth-order valence-electron chi connectivity index (χ4n) is 5.30. The van der Waals surface area contributed by atoms with Crippen LogP contribution >= 0.6 is 0 Å². The van der Waals surface area contributed by atoms with E-state index in [1.54, 1.807) is 0 Å². The summed E-state index contributed by atoms with van der Waals surface area (Å²) in [6.07, 6.45) is 5.34. The summed E-state index contributed by atoms with van der Waals surface area (Å²) in [5, 5.41) is 26.3. The predicted octanol–water partition coefficient (Wildman–Crippen LogP) is 1.66. The summed E-state index contributed by atoms with van der Waals surface area (Å²) in [5.74, 6) is 0.431. The van der Waals surface area contributed by atoms with Crippen molar-refractivity contribution < 1.29 is 10.2 Å². The molecule has 5 atom stereocenters. The Labute approximate surface area is 169 Å². The Bertz CT molecular complexity index is 1010. The largest absolute Gasteiger partial charge is 0.390 e. The maximum atomic E-state index is 11.0. The van der Waals surface area contributed by atoms with E-state index in [2.05, 4.69) is 39.6 Å². The molecule has 152 valence electrons. The van der Waals surface area contributed by atoms with Crippen molar-refractivity contribution in [2.75, 3.05) is 12.3 Å². The third-order valence-corrected chi connectivity index (χ3v) is 6.88. The second-order valence-electron chi connectivity index (χ2n) is 8.59. The second-order valence-corrected chi connectivity index (χ2v) is 8.59. The van der Waals surface area contributed by atoms with E-state index >= 15 is 0 Å². The number of hydrogen-bond donors (Lipinski definition) is 4. The zero-order valence-corrected chi connectivity index (χ0v) is 16.3. The van der Waals surface area contributed by atoms with Crippen molar-refractivity contribution in [3.8, 4) is 0 Å². The van der Waals surface area contributed by atoms with Gasteiger partial charge in [-0.05, 0) is 37.3 Å². The number of anilines is 1. The summed E-state index contributed by atoms with van der Waals surface area (Å²) in [6.45, 7) is 0.720. The third-order valence-electron chi connectivity index (χ3n) is 6.88. The Morgan fingerprint density at radius 3 is 2.79 bits per heavy atom. The Morgan fingerprint density at radius 1 is 1.14 bits per heavy atom. The lowest BCUT2D eigenvalue weighted by Gasteiger charge is -2.27. The number of aryl methyl sites for hydroxylation is 1. The number of aliphatic hydroxyl groups is 2. The summed E-state index contributed by atoms with van der Waals surface area (Å²) in [6, 6.07) is 12.5. The summed E-state index contributed by atoms with van der Waals surface area (Å²) in [4.78, 5) is 8.40. The molecule has 1 saturated carbocycles. The summed E-state index contributed by atoms with van der Waals surface area (Å²) >= 11 is 0. The molecule has 7 nitrogen and oxygen atoms in total. The third kappa shape index (κ3) is 3.10. The van der Waals surface area contributed by atoms with E-state index in [0.717, 1.165) is 31.2 Å². The minimum atomic E-state index is -0.837. The van der Waals surface area contributed by atoms with Crippen molar-refractivity contribution in [3.05, 3.63) is 54.5 Å². The van der Waals surface area contributed by atoms with Gasteiger partial charge in [0, 0.05) is 24.2 Å². The molecular weight excluding hydrogens is 366 g/mol. The first-order chi connectivity index (χ1) is 14.1. The summed E-state index contributed by atoms with van der Waals surface area (Å²) in [5.41, 5.74) is 7.68. The molecule has 3 aromatic rings. The molecule has 1 aromatic carbocycles. The van der Waals surface area contributed by atoms with Crippen LogP contribution in [0, 0.1) is 5.41 Å². The molecule has 29 heavy (non-hydrogen) atoms. The molecule has 0 bridgehead atoms. The Kier molecular flexibility index (Phi) is 4.53. The molecule has 1 spiro atoms. The number of nitrogens with one attached hydrogen (secondary N) is 1. The Hall–Kier alpha value is -2.48. The first-order valence-electron chi connectivity index (χ1n) is 10.3. The van der Waals surface area contributed by atoms with E-state index in [-0.39, 0.29) is 11.5 Å². The van der Waals surface area contributed by atoms with Crippen LogP contribution in [-0.2, 0) is 6.42 Å². The SMILES string of the molecule is Nc1ncnc2c1ccn2[C@@H]1C[C@@]2(CN[C@@H](CCc3ccccc3)C2)[C@@H](O)[C@H]1O. The van der Waals surface area contributed by atoms with Crippen LogP contribution in [-0.4, -0.2) is 49.5 Å². The number of nitrogen functional groups attached to an aromatic ring is 1. The lowest BCUT2D eigenvalue weighted by atomic mass is 9.80. The molecule has 1 aliphatic carbocycles. The molecule has 1 aliphatic heterocycles. The molecule has 1 saturated heterocycles. The molecule has 2 fully saturated rings. The van der Waals surface area contributed by atoms with Gasteiger partial charge in [-0.1, -0.05) is 30.3 Å². The number of aromatic nitrogens is 3. The lowest BCUT2D eigenvalue weighted by molar-refractivity contribution is -0.0218. The van der Waals surface area contributed by atoms with E-state index in [9.17, 15) is 10.2 Å². The molecule has 0 amide bonds. The van der Waals surface area contributed by atoms with Gasteiger partial charge in [0.15, 0.2) is 0 Å². The first-order valence-corrected chi connectivity index (χ1v) is 10.3. The van der Waals surface area contributed by atoms with Crippen molar-refractivity contribution in [1.29, 1.82) is 0 Å². The first kappa shape index (κ1) is 18.5. The molecular formula is C22H27N5O2. The average Bonchev–Trinajstić information content (AvgIpc) is 3.41. The van der Waals surface area contributed by atoms with E-state index in [1.165, 1.54) is 11.9 Å². The zero-order chi connectivity index (χ0) is 20.0.